The Kier molecular flexibility index (Phi) is 6.64. The first kappa shape index (κ1) is 23.3. The number of hydrogen-bond acceptors (Lipinski definition) is 7. The van der Waals surface area contributed by atoms with Crippen molar-refractivity contribution in [2.45, 2.75) is 13.0 Å². The molecule has 0 aliphatic rings. The molecule has 1 amide bonds. The zero-order chi connectivity index (χ0) is 24.9. The number of nitrogens with one attached hydrogen (secondary N) is 1. The van der Waals surface area contributed by atoms with Gasteiger partial charge in [-0.2, -0.15) is 0 Å². The fourth-order valence-corrected chi connectivity index (χ4v) is 3.48. The number of aromatic hydroxyl groups is 2. The minimum absolute atomic E-state index is 0.284. The predicted molar refractivity (Wildman–Crippen MR) is 130 cm³/mol. The molecule has 0 spiro atoms. The third-order valence-electron chi connectivity index (χ3n) is 5.20. The molecule has 0 radical (unpaired) electrons. The largest absolute Gasteiger partial charge is 0.504 e. The van der Waals surface area contributed by atoms with E-state index in [1.807, 2.05) is 0 Å². The number of hydrogen-bond donors (Lipinski definition) is 3. The Hall–Kier alpha value is -4.85. The van der Waals surface area contributed by atoms with Crippen LogP contribution in [0.5, 0.6) is 11.5 Å². The maximum Gasteiger partial charge on any atom is 0.336 e. The Balaban J connectivity index is 1.55. The normalized spacial score (nSPS) is 11.9. The van der Waals surface area contributed by atoms with Crippen LogP contribution in [0.25, 0.3) is 17.0 Å². The summed E-state index contributed by atoms with van der Waals surface area (Å²) in [5, 5.41) is 22.4. The molecule has 3 aromatic carbocycles. The SMILES string of the molecule is Cc1cc(=O)oc2cc(NC(=O)C(OC(=O)/C=C/c3ccc(O)c(O)c3)c3ccccc3)ccc12. The monoisotopic (exact) mass is 471 g/mol. The minimum atomic E-state index is -1.26. The van der Waals surface area contributed by atoms with E-state index in [0.29, 0.717) is 22.4 Å². The van der Waals surface area contributed by atoms with Crippen molar-refractivity contribution in [3.05, 3.63) is 106 Å². The average Bonchev–Trinajstić information content (AvgIpc) is 2.83. The van der Waals surface area contributed by atoms with Crippen molar-refractivity contribution in [1.29, 1.82) is 0 Å². The van der Waals surface area contributed by atoms with E-state index in [0.717, 1.165) is 17.0 Å². The van der Waals surface area contributed by atoms with Crippen molar-refractivity contribution in [3.8, 4) is 11.5 Å². The summed E-state index contributed by atoms with van der Waals surface area (Å²) in [6.07, 6.45) is 1.24. The van der Waals surface area contributed by atoms with E-state index in [4.69, 9.17) is 9.15 Å². The molecule has 1 unspecified atom stereocenters. The first-order chi connectivity index (χ1) is 16.8. The number of carbonyl (C=O) groups is 2. The second kappa shape index (κ2) is 9.96. The van der Waals surface area contributed by atoms with Crippen LogP contribution in [0.1, 0.15) is 22.8 Å². The van der Waals surface area contributed by atoms with Crippen molar-refractivity contribution in [2.24, 2.45) is 0 Å². The predicted octanol–water partition coefficient (Wildman–Crippen LogP) is 4.45. The van der Waals surface area contributed by atoms with Gasteiger partial charge in [0.1, 0.15) is 5.58 Å². The zero-order valence-electron chi connectivity index (χ0n) is 18.6. The lowest BCUT2D eigenvalue weighted by Crippen LogP contribution is -2.25. The number of phenolic OH excluding ortho intramolecular Hbond substituents is 2. The molecule has 0 saturated carbocycles. The van der Waals surface area contributed by atoms with Crippen LogP contribution in [0, 0.1) is 6.92 Å². The molecule has 8 nitrogen and oxygen atoms in total. The highest BCUT2D eigenvalue weighted by molar-refractivity contribution is 5.98. The summed E-state index contributed by atoms with van der Waals surface area (Å²) in [5.74, 6) is -2.01. The molecule has 1 heterocycles. The van der Waals surface area contributed by atoms with Crippen LogP contribution in [0.4, 0.5) is 5.69 Å². The molecule has 3 N–H and O–H groups in total. The maximum absolute atomic E-state index is 13.1. The Morgan fingerprint density at radius 2 is 1.74 bits per heavy atom. The average molecular weight is 471 g/mol. The van der Waals surface area contributed by atoms with E-state index in [2.05, 4.69) is 5.32 Å². The van der Waals surface area contributed by atoms with Gasteiger partial charge in [-0.05, 0) is 48.4 Å². The summed E-state index contributed by atoms with van der Waals surface area (Å²) in [5.41, 5.74) is 1.84. The van der Waals surface area contributed by atoms with Gasteiger partial charge in [-0.1, -0.05) is 36.4 Å². The van der Waals surface area contributed by atoms with Crippen LogP contribution in [0.15, 0.2) is 88.1 Å². The summed E-state index contributed by atoms with van der Waals surface area (Å²) in [6.45, 7) is 1.79. The Bertz CT molecular complexity index is 1490. The van der Waals surface area contributed by atoms with Gasteiger partial charge in [-0.25, -0.2) is 9.59 Å². The van der Waals surface area contributed by atoms with Crippen LogP contribution in [-0.4, -0.2) is 22.1 Å². The van der Waals surface area contributed by atoms with Crippen LogP contribution in [0.2, 0.25) is 0 Å². The van der Waals surface area contributed by atoms with Crippen LogP contribution < -0.4 is 10.9 Å². The standard InChI is InChI=1S/C27H21NO7/c1-16-13-25(32)34-23-15-19(9-10-20(16)23)28-27(33)26(18-5-3-2-4-6-18)35-24(31)12-8-17-7-11-21(29)22(30)14-17/h2-15,26,29-30H,1H3,(H,28,33)/b12-8+. The molecule has 8 heteroatoms. The number of phenols is 2. The molecule has 1 aromatic heterocycles. The maximum atomic E-state index is 13.1. The van der Waals surface area contributed by atoms with E-state index >= 15 is 0 Å². The van der Waals surface area contributed by atoms with Crippen molar-refractivity contribution in [1.82, 2.24) is 0 Å². The lowest BCUT2D eigenvalue weighted by molar-refractivity contribution is -0.149. The van der Waals surface area contributed by atoms with E-state index < -0.39 is 23.6 Å². The number of benzene rings is 3. The lowest BCUT2D eigenvalue weighted by Gasteiger charge is -2.17. The highest BCUT2D eigenvalue weighted by atomic mass is 16.5. The van der Waals surface area contributed by atoms with Gasteiger partial charge in [0, 0.05) is 34.8 Å². The van der Waals surface area contributed by atoms with Gasteiger partial charge in [0.25, 0.3) is 5.91 Å². The number of esters is 1. The van der Waals surface area contributed by atoms with E-state index in [1.165, 1.54) is 36.4 Å². The molecule has 0 fully saturated rings. The van der Waals surface area contributed by atoms with Gasteiger partial charge in [0.2, 0.25) is 6.10 Å². The molecule has 4 rings (SSSR count). The summed E-state index contributed by atoms with van der Waals surface area (Å²) >= 11 is 0. The lowest BCUT2D eigenvalue weighted by atomic mass is 10.1. The highest BCUT2D eigenvalue weighted by Crippen LogP contribution is 2.26. The Labute approximate surface area is 199 Å². The summed E-state index contributed by atoms with van der Waals surface area (Å²) < 4.78 is 10.7. The molecule has 1 atom stereocenters. The Morgan fingerprint density at radius 1 is 0.971 bits per heavy atom. The fraction of sp³-hybridized carbons (Fsp3) is 0.0741. The first-order valence-corrected chi connectivity index (χ1v) is 10.6. The molecule has 0 aliphatic heterocycles. The number of aryl methyl sites for hydroxylation is 1. The van der Waals surface area contributed by atoms with Crippen molar-refractivity contribution >= 4 is 34.6 Å². The third kappa shape index (κ3) is 5.56. The number of amides is 1. The van der Waals surface area contributed by atoms with Gasteiger partial charge in [0.05, 0.1) is 0 Å². The van der Waals surface area contributed by atoms with Crippen molar-refractivity contribution < 1.29 is 29.0 Å². The van der Waals surface area contributed by atoms with E-state index in [9.17, 15) is 24.6 Å². The zero-order valence-corrected chi connectivity index (χ0v) is 18.6. The fourth-order valence-electron chi connectivity index (χ4n) is 3.48. The number of carbonyl (C=O) groups excluding carboxylic acids is 2. The second-order valence-corrected chi connectivity index (χ2v) is 7.76. The van der Waals surface area contributed by atoms with Gasteiger partial charge in [0.15, 0.2) is 11.5 Å². The quantitative estimate of drug-likeness (QED) is 0.164. The number of ether oxygens (including phenoxy) is 1. The molecule has 0 saturated heterocycles. The summed E-state index contributed by atoms with van der Waals surface area (Å²) in [4.78, 5) is 37.3. The van der Waals surface area contributed by atoms with E-state index in [1.54, 1.807) is 49.4 Å². The third-order valence-corrected chi connectivity index (χ3v) is 5.20. The molecule has 0 bridgehead atoms. The van der Waals surface area contributed by atoms with Crippen LogP contribution >= 0.6 is 0 Å². The molecule has 4 aromatic rings. The van der Waals surface area contributed by atoms with Crippen LogP contribution in [-0.2, 0) is 14.3 Å². The summed E-state index contributed by atoms with van der Waals surface area (Å²) in [7, 11) is 0. The highest BCUT2D eigenvalue weighted by Gasteiger charge is 2.24. The van der Waals surface area contributed by atoms with Gasteiger partial charge < -0.3 is 24.7 Å². The van der Waals surface area contributed by atoms with Crippen molar-refractivity contribution in [2.75, 3.05) is 5.32 Å². The molecule has 176 valence electrons. The smallest absolute Gasteiger partial charge is 0.336 e. The summed E-state index contributed by atoms with van der Waals surface area (Å²) in [6, 6.07) is 18.9. The number of fused-ring (bicyclic) bond motifs is 1. The number of rotatable bonds is 6. The first-order valence-electron chi connectivity index (χ1n) is 10.6. The van der Waals surface area contributed by atoms with Crippen molar-refractivity contribution in [3.63, 3.8) is 0 Å². The topological polar surface area (TPSA) is 126 Å². The molecule has 0 aliphatic carbocycles. The second-order valence-electron chi connectivity index (χ2n) is 7.76. The van der Waals surface area contributed by atoms with Gasteiger partial charge in [-0.3, -0.25) is 4.79 Å². The minimum Gasteiger partial charge on any atom is -0.504 e. The molecule has 35 heavy (non-hydrogen) atoms. The molecular formula is C27H21NO7. The van der Waals surface area contributed by atoms with E-state index in [-0.39, 0.29) is 11.5 Å². The van der Waals surface area contributed by atoms with Crippen LogP contribution in [0.3, 0.4) is 0 Å². The number of anilines is 1. The molecular weight excluding hydrogens is 450 g/mol. The van der Waals surface area contributed by atoms with Gasteiger partial charge >= 0.3 is 11.6 Å². The van der Waals surface area contributed by atoms with Gasteiger partial charge in [-0.15, -0.1) is 0 Å². The Morgan fingerprint density at radius 3 is 2.49 bits per heavy atom.